The first-order valence-electron chi connectivity index (χ1n) is 13.5. The van der Waals surface area contributed by atoms with Crippen molar-refractivity contribution in [1.29, 1.82) is 5.26 Å². The molecule has 2 aliphatic rings. The third kappa shape index (κ3) is 5.10. The molecule has 5 heterocycles. The Balaban J connectivity index is 1.21. The molecule has 0 atom stereocenters. The Hall–Kier alpha value is -3.87. The molecule has 0 saturated carbocycles. The second-order valence-corrected chi connectivity index (χ2v) is 10.6. The first-order chi connectivity index (χ1) is 19.0. The fraction of sp³-hybridized carbons (Fsp3) is 0.367. The fourth-order valence-electron chi connectivity index (χ4n) is 5.78. The van der Waals surface area contributed by atoms with Gasteiger partial charge in [0.1, 0.15) is 23.5 Å². The Morgan fingerprint density at radius 2 is 1.72 bits per heavy atom. The Labute approximate surface area is 226 Å². The number of anilines is 1. The highest BCUT2D eigenvalue weighted by Crippen LogP contribution is 2.34. The van der Waals surface area contributed by atoms with Crippen LogP contribution in [0.3, 0.4) is 0 Å². The highest BCUT2D eigenvalue weighted by molar-refractivity contribution is 5.84. The molecule has 3 aromatic heterocycles. The molecule has 6 rings (SSSR count). The predicted octanol–water partition coefficient (Wildman–Crippen LogP) is 4.68. The van der Waals surface area contributed by atoms with Gasteiger partial charge in [-0.25, -0.2) is 18.3 Å². The standard InChI is InChI=1S/C30H31F2N7/c1-36-9-7-21(8-10-36)23-15-25(30-24(16-33)18-35-39(30)19-23)22-5-6-29(34-17-22)38-13-11-37(12-14-38)20-26-27(31)3-2-4-28(26)32/h2-6,15,17-19,21H,7-14,20H2,1H3. The number of nitriles is 1. The summed E-state index contributed by atoms with van der Waals surface area (Å²) in [6.07, 6.45) is 7.77. The molecule has 0 amide bonds. The zero-order valence-electron chi connectivity index (χ0n) is 22.0. The first-order valence-corrected chi connectivity index (χ1v) is 13.5. The second-order valence-electron chi connectivity index (χ2n) is 10.6. The number of piperazine rings is 1. The molecule has 0 radical (unpaired) electrons. The van der Waals surface area contributed by atoms with E-state index in [2.05, 4.69) is 51.2 Å². The van der Waals surface area contributed by atoms with Gasteiger partial charge in [-0.05, 0) is 74.8 Å². The van der Waals surface area contributed by atoms with E-state index in [9.17, 15) is 14.0 Å². The van der Waals surface area contributed by atoms with E-state index in [0.29, 0.717) is 24.6 Å². The average Bonchev–Trinajstić information content (AvgIpc) is 3.39. The lowest BCUT2D eigenvalue weighted by molar-refractivity contribution is 0.242. The summed E-state index contributed by atoms with van der Waals surface area (Å²) in [5.41, 5.74) is 4.63. The highest BCUT2D eigenvalue weighted by Gasteiger charge is 2.23. The summed E-state index contributed by atoms with van der Waals surface area (Å²) < 4.78 is 30.0. The van der Waals surface area contributed by atoms with Gasteiger partial charge in [-0.1, -0.05) is 6.07 Å². The van der Waals surface area contributed by atoms with E-state index in [-0.39, 0.29) is 12.1 Å². The molecule has 0 bridgehead atoms. The molecule has 2 fully saturated rings. The number of piperidine rings is 1. The third-order valence-corrected chi connectivity index (χ3v) is 8.14. The van der Waals surface area contributed by atoms with Crippen molar-refractivity contribution in [3.8, 4) is 17.2 Å². The van der Waals surface area contributed by atoms with Gasteiger partial charge in [-0.2, -0.15) is 10.4 Å². The van der Waals surface area contributed by atoms with Crippen molar-refractivity contribution in [3.63, 3.8) is 0 Å². The van der Waals surface area contributed by atoms with Gasteiger partial charge in [0.15, 0.2) is 0 Å². The van der Waals surface area contributed by atoms with Gasteiger partial charge in [-0.15, -0.1) is 0 Å². The molecule has 1 aromatic carbocycles. The van der Waals surface area contributed by atoms with Crippen LogP contribution in [0.2, 0.25) is 0 Å². The van der Waals surface area contributed by atoms with E-state index in [1.807, 2.05) is 16.8 Å². The summed E-state index contributed by atoms with van der Waals surface area (Å²) in [6, 6.07) is 12.6. The molecule has 39 heavy (non-hydrogen) atoms. The van der Waals surface area contributed by atoms with Gasteiger partial charge in [0.25, 0.3) is 0 Å². The number of fused-ring (bicyclic) bond motifs is 1. The lowest BCUT2D eigenvalue weighted by Crippen LogP contribution is -2.46. The summed E-state index contributed by atoms with van der Waals surface area (Å²) >= 11 is 0. The minimum absolute atomic E-state index is 0.124. The van der Waals surface area contributed by atoms with Crippen molar-refractivity contribution in [2.45, 2.75) is 25.3 Å². The van der Waals surface area contributed by atoms with E-state index in [4.69, 9.17) is 4.98 Å². The minimum atomic E-state index is -0.499. The number of likely N-dealkylation sites (tertiary alicyclic amines) is 1. The molecule has 0 N–H and O–H groups in total. The van der Waals surface area contributed by atoms with Crippen LogP contribution < -0.4 is 4.90 Å². The van der Waals surface area contributed by atoms with Crippen LogP contribution in [0.15, 0.2) is 55.0 Å². The SMILES string of the molecule is CN1CCC(c2cc(-c3ccc(N4CCN(Cc5c(F)cccc5F)CC4)nc3)c3c(C#N)cnn3c2)CC1. The molecule has 0 aliphatic carbocycles. The molecule has 4 aromatic rings. The zero-order valence-corrected chi connectivity index (χ0v) is 22.0. The van der Waals surface area contributed by atoms with Crippen LogP contribution >= 0.6 is 0 Å². The van der Waals surface area contributed by atoms with Crippen LogP contribution in [0, 0.1) is 23.0 Å². The molecule has 9 heteroatoms. The lowest BCUT2D eigenvalue weighted by Gasteiger charge is -2.35. The number of pyridine rings is 2. The Morgan fingerprint density at radius 1 is 0.974 bits per heavy atom. The second kappa shape index (κ2) is 10.7. The lowest BCUT2D eigenvalue weighted by atomic mass is 9.89. The monoisotopic (exact) mass is 527 g/mol. The van der Waals surface area contributed by atoms with Gasteiger partial charge < -0.3 is 9.80 Å². The molecular weight excluding hydrogens is 496 g/mol. The fourth-order valence-corrected chi connectivity index (χ4v) is 5.78. The predicted molar refractivity (Wildman–Crippen MR) is 146 cm³/mol. The number of benzene rings is 1. The van der Waals surface area contributed by atoms with Crippen LogP contribution in [0.4, 0.5) is 14.6 Å². The van der Waals surface area contributed by atoms with Crippen molar-refractivity contribution >= 4 is 11.3 Å². The van der Waals surface area contributed by atoms with Crippen LogP contribution in [0.25, 0.3) is 16.6 Å². The quantitative estimate of drug-likeness (QED) is 0.376. The summed E-state index contributed by atoms with van der Waals surface area (Å²) in [6.45, 7) is 5.22. The molecule has 200 valence electrons. The summed E-state index contributed by atoms with van der Waals surface area (Å²) in [7, 11) is 2.16. The summed E-state index contributed by atoms with van der Waals surface area (Å²) in [5.74, 6) is 0.329. The molecular formula is C30H31F2N7. The third-order valence-electron chi connectivity index (χ3n) is 8.14. The van der Waals surface area contributed by atoms with Crippen molar-refractivity contribution in [2.75, 3.05) is 51.2 Å². The minimum Gasteiger partial charge on any atom is -0.354 e. The van der Waals surface area contributed by atoms with E-state index in [1.54, 1.807) is 6.20 Å². The van der Waals surface area contributed by atoms with E-state index in [1.165, 1.54) is 23.8 Å². The van der Waals surface area contributed by atoms with Gasteiger partial charge in [0.05, 0.1) is 17.3 Å². The zero-order chi connectivity index (χ0) is 26.9. The normalized spacial score (nSPS) is 17.5. The van der Waals surface area contributed by atoms with Crippen molar-refractivity contribution in [3.05, 3.63) is 83.3 Å². The van der Waals surface area contributed by atoms with Gasteiger partial charge in [-0.3, -0.25) is 4.90 Å². The Kier molecular flexibility index (Phi) is 6.98. The number of nitrogens with zero attached hydrogens (tertiary/aromatic N) is 7. The summed E-state index contributed by atoms with van der Waals surface area (Å²) in [4.78, 5) is 11.4. The van der Waals surface area contributed by atoms with Gasteiger partial charge in [0.2, 0.25) is 0 Å². The van der Waals surface area contributed by atoms with E-state index >= 15 is 0 Å². The van der Waals surface area contributed by atoms with Gasteiger partial charge in [0, 0.05) is 61.8 Å². The Morgan fingerprint density at radius 3 is 2.38 bits per heavy atom. The van der Waals surface area contributed by atoms with Crippen LogP contribution in [0.5, 0.6) is 0 Å². The topological polar surface area (TPSA) is 63.7 Å². The van der Waals surface area contributed by atoms with E-state index in [0.717, 1.165) is 61.5 Å². The Bertz CT molecular complexity index is 1490. The van der Waals surface area contributed by atoms with Crippen molar-refractivity contribution in [1.82, 2.24) is 24.4 Å². The maximum atomic E-state index is 14.1. The van der Waals surface area contributed by atoms with Crippen LogP contribution in [-0.4, -0.2) is 70.7 Å². The van der Waals surface area contributed by atoms with E-state index < -0.39 is 11.6 Å². The van der Waals surface area contributed by atoms with Crippen molar-refractivity contribution in [2.24, 2.45) is 0 Å². The first kappa shape index (κ1) is 25.4. The number of rotatable bonds is 5. The average molecular weight is 528 g/mol. The largest absolute Gasteiger partial charge is 0.354 e. The molecule has 0 unspecified atom stereocenters. The smallest absolute Gasteiger partial charge is 0.130 e. The van der Waals surface area contributed by atoms with Crippen LogP contribution in [0.1, 0.15) is 35.4 Å². The maximum absolute atomic E-state index is 14.1. The summed E-state index contributed by atoms with van der Waals surface area (Å²) in [5, 5.41) is 14.2. The number of halogens is 2. The van der Waals surface area contributed by atoms with Crippen LogP contribution in [-0.2, 0) is 6.54 Å². The molecule has 2 aliphatic heterocycles. The number of aromatic nitrogens is 3. The molecule has 0 spiro atoms. The van der Waals surface area contributed by atoms with Gasteiger partial charge >= 0.3 is 0 Å². The maximum Gasteiger partial charge on any atom is 0.130 e. The number of hydrogen-bond acceptors (Lipinski definition) is 6. The molecule has 7 nitrogen and oxygen atoms in total. The molecule has 2 saturated heterocycles. The number of hydrogen-bond donors (Lipinski definition) is 0. The highest BCUT2D eigenvalue weighted by atomic mass is 19.1. The van der Waals surface area contributed by atoms with Crippen molar-refractivity contribution < 1.29 is 8.78 Å².